The number of unbranched alkanes of at least 4 members (excludes halogenated alkanes) is 18. The molecule has 1 aromatic rings. The molecule has 0 aliphatic rings. The monoisotopic (exact) mass is 555 g/mol. The molecule has 1 rings (SSSR count). The van der Waals surface area contributed by atoms with Gasteiger partial charge >= 0.3 is 0 Å². The molecule has 0 atom stereocenters. The molecule has 1 aromatic carbocycles. The maximum Gasteiger partial charge on any atom is 0.0366 e. The average Bonchev–Trinajstić information content (AvgIpc) is 2.80. The van der Waals surface area contributed by atoms with Crippen LogP contribution in [0.15, 0.2) is 24.3 Å². The Balaban J connectivity index is 2.16. The predicted octanol–water partition coefficient (Wildman–Crippen LogP) is 10.9. The zero-order valence-corrected chi connectivity index (χ0v) is 23.8. The Morgan fingerprint density at radius 1 is 0.469 bits per heavy atom. The summed E-state index contributed by atoms with van der Waals surface area (Å²) in [5.74, 6) is 0. The molecule has 0 aliphatic heterocycles. The Morgan fingerprint density at radius 2 is 0.781 bits per heavy atom. The topological polar surface area (TPSA) is 3.24 Å². The molecule has 0 spiro atoms. The second-order valence-corrected chi connectivity index (χ2v) is 11.1. The average molecular weight is 556 g/mol. The van der Waals surface area contributed by atoms with Gasteiger partial charge < -0.3 is 4.90 Å². The maximum absolute atomic E-state index is 2.66. The van der Waals surface area contributed by atoms with Crippen LogP contribution in [0.4, 0.5) is 5.69 Å². The fourth-order valence-corrected chi connectivity index (χ4v) is 4.96. The summed E-state index contributed by atoms with van der Waals surface area (Å²) in [6.45, 7) is 7.06. The highest BCUT2D eigenvalue weighted by Gasteiger charge is 2.06. The smallest absolute Gasteiger partial charge is 0.0366 e. The van der Waals surface area contributed by atoms with E-state index in [0.29, 0.717) is 0 Å². The minimum Gasteiger partial charge on any atom is -0.372 e. The SMILES string of the molecule is CCCCCCCCCCCCN(CCCCCCCCCCCC)c1ccc(I)cc1. The molecule has 0 saturated carbocycles. The van der Waals surface area contributed by atoms with E-state index in [0.717, 1.165) is 0 Å². The molecule has 0 heterocycles. The Labute approximate surface area is 215 Å². The van der Waals surface area contributed by atoms with Crippen molar-refractivity contribution in [2.45, 2.75) is 142 Å². The lowest BCUT2D eigenvalue weighted by molar-refractivity contribution is 0.543. The summed E-state index contributed by atoms with van der Waals surface area (Å²) >= 11 is 2.42. The van der Waals surface area contributed by atoms with Crippen molar-refractivity contribution in [2.24, 2.45) is 0 Å². The molecule has 0 amide bonds. The number of hydrogen-bond acceptors (Lipinski definition) is 1. The minimum atomic E-state index is 1.23. The second-order valence-electron chi connectivity index (χ2n) is 9.83. The summed E-state index contributed by atoms with van der Waals surface area (Å²) in [6, 6.07) is 9.18. The number of hydrogen-bond donors (Lipinski definition) is 0. The first-order valence-electron chi connectivity index (χ1n) is 14.3. The summed E-state index contributed by atoms with van der Waals surface area (Å²) in [6.07, 6.45) is 28.4. The summed E-state index contributed by atoms with van der Waals surface area (Å²) < 4.78 is 1.34. The van der Waals surface area contributed by atoms with Crippen LogP contribution < -0.4 is 4.90 Å². The van der Waals surface area contributed by atoms with Crippen LogP contribution in [-0.4, -0.2) is 13.1 Å². The highest BCUT2D eigenvalue weighted by Crippen LogP contribution is 2.19. The van der Waals surface area contributed by atoms with E-state index in [1.165, 1.54) is 151 Å². The van der Waals surface area contributed by atoms with Crippen molar-refractivity contribution in [1.29, 1.82) is 0 Å². The van der Waals surface area contributed by atoms with Gasteiger partial charge in [-0.3, -0.25) is 0 Å². The first-order valence-corrected chi connectivity index (χ1v) is 15.4. The highest BCUT2D eigenvalue weighted by molar-refractivity contribution is 14.1. The number of rotatable bonds is 23. The summed E-state index contributed by atoms with van der Waals surface area (Å²) in [5.41, 5.74) is 1.43. The van der Waals surface area contributed by atoms with E-state index >= 15 is 0 Å². The fraction of sp³-hybridized carbons (Fsp3) is 0.800. The van der Waals surface area contributed by atoms with Gasteiger partial charge in [0, 0.05) is 22.3 Å². The lowest BCUT2D eigenvalue weighted by Gasteiger charge is -2.25. The van der Waals surface area contributed by atoms with Crippen LogP contribution in [0.5, 0.6) is 0 Å². The lowest BCUT2D eigenvalue weighted by Crippen LogP contribution is -2.25. The molecule has 0 aliphatic carbocycles. The van der Waals surface area contributed by atoms with Crippen molar-refractivity contribution in [3.63, 3.8) is 0 Å². The van der Waals surface area contributed by atoms with Crippen molar-refractivity contribution in [3.8, 4) is 0 Å². The number of anilines is 1. The van der Waals surface area contributed by atoms with Gasteiger partial charge in [0.2, 0.25) is 0 Å². The van der Waals surface area contributed by atoms with Crippen molar-refractivity contribution in [2.75, 3.05) is 18.0 Å². The van der Waals surface area contributed by atoms with E-state index in [1.807, 2.05) is 0 Å². The van der Waals surface area contributed by atoms with Crippen LogP contribution in [0.3, 0.4) is 0 Å². The van der Waals surface area contributed by atoms with Gasteiger partial charge in [0.25, 0.3) is 0 Å². The Hall–Kier alpha value is -0.250. The van der Waals surface area contributed by atoms with Gasteiger partial charge in [-0.25, -0.2) is 0 Å². The van der Waals surface area contributed by atoms with Crippen molar-refractivity contribution in [3.05, 3.63) is 27.8 Å². The van der Waals surface area contributed by atoms with Gasteiger partial charge in [-0.2, -0.15) is 0 Å². The molecule has 0 N–H and O–H groups in total. The van der Waals surface area contributed by atoms with E-state index in [2.05, 4.69) is 65.6 Å². The fourth-order valence-electron chi connectivity index (χ4n) is 4.60. The lowest BCUT2D eigenvalue weighted by atomic mass is 10.1. The van der Waals surface area contributed by atoms with E-state index in [4.69, 9.17) is 0 Å². The summed E-state index contributed by atoms with van der Waals surface area (Å²) in [4.78, 5) is 2.66. The minimum absolute atomic E-state index is 1.23. The molecule has 0 saturated heterocycles. The number of benzene rings is 1. The van der Waals surface area contributed by atoms with Crippen LogP contribution in [0.25, 0.3) is 0 Å². The summed E-state index contributed by atoms with van der Waals surface area (Å²) in [7, 11) is 0. The molecule has 2 heteroatoms. The van der Waals surface area contributed by atoms with Gasteiger partial charge in [0.05, 0.1) is 0 Å². The zero-order valence-electron chi connectivity index (χ0n) is 21.7. The second kappa shape index (κ2) is 22.5. The van der Waals surface area contributed by atoms with Crippen LogP contribution in [0.1, 0.15) is 142 Å². The van der Waals surface area contributed by atoms with Crippen molar-refractivity contribution < 1.29 is 0 Å². The molecule has 0 fully saturated rings. The van der Waals surface area contributed by atoms with Gasteiger partial charge in [-0.05, 0) is 59.7 Å². The maximum atomic E-state index is 2.66. The standard InChI is InChI=1S/C30H54IN/c1-3-5-7-9-11-13-15-17-19-21-27-32(30-25-23-29(31)24-26-30)28-22-20-18-16-14-12-10-8-6-4-2/h23-26H,3-22,27-28H2,1-2H3. The number of halogens is 1. The van der Waals surface area contributed by atoms with Crippen LogP contribution in [-0.2, 0) is 0 Å². The molecule has 0 radical (unpaired) electrons. The first-order chi connectivity index (χ1) is 15.8. The molecule has 186 valence electrons. The quantitative estimate of drug-likeness (QED) is 0.0959. The molecule has 32 heavy (non-hydrogen) atoms. The molecular weight excluding hydrogens is 501 g/mol. The van der Waals surface area contributed by atoms with Gasteiger partial charge in [0.1, 0.15) is 0 Å². The van der Waals surface area contributed by atoms with E-state index in [1.54, 1.807) is 0 Å². The third-order valence-corrected chi connectivity index (χ3v) is 7.47. The molecule has 1 nitrogen and oxygen atoms in total. The van der Waals surface area contributed by atoms with Crippen LogP contribution in [0, 0.1) is 3.57 Å². The van der Waals surface area contributed by atoms with E-state index in [9.17, 15) is 0 Å². The molecule has 0 unspecified atom stereocenters. The molecular formula is C30H54IN. The molecule has 0 bridgehead atoms. The van der Waals surface area contributed by atoms with Gasteiger partial charge in [-0.1, -0.05) is 129 Å². The van der Waals surface area contributed by atoms with Crippen LogP contribution >= 0.6 is 22.6 Å². The van der Waals surface area contributed by atoms with Crippen molar-refractivity contribution in [1.82, 2.24) is 0 Å². The predicted molar refractivity (Wildman–Crippen MR) is 155 cm³/mol. The largest absolute Gasteiger partial charge is 0.372 e. The zero-order chi connectivity index (χ0) is 23.1. The first kappa shape index (κ1) is 29.8. The van der Waals surface area contributed by atoms with E-state index < -0.39 is 0 Å². The van der Waals surface area contributed by atoms with E-state index in [-0.39, 0.29) is 0 Å². The Bertz CT molecular complexity index is 474. The number of nitrogens with zero attached hydrogens (tertiary/aromatic N) is 1. The third-order valence-electron chi connectivity index (χ3n) is 6.75. The van der Waals surface area contributed by atoms with Gasteiger partial charge in [0.15, 0.2) is 0 Å². The molecule has 0 aromatic heterocycles. The van der Waals surface area contributed by atoms with Crippen LogP contribution in [0.2, 0.25) is 0 Å². The Morgan fingerprint density at radius 3 is 1.12 bits per heavy atom. The third kappa shape index (κ3) is 17.3. The normalized spacial score (nSPS) is 11.2. The Kier molecular flexibility index (Phi) is 21.0. The summed E-state index contributed by atoms with van der Waals surface area (Å²) in [5, 5.41) is 0. The highest BCUT2D eigenvalue weighted by atomic mass is 127. The van der Waals surface area contributed by atoms with Crippen molar-refractivity contribution >= 4 is 28.3 Å². The van der Waals surface area contributed by atoms with Gasteiger partial charge in [-0.15, -0.1) is 0 Å².